The summed E-state index contributed by atoms with van der Waals surface area (Å²) in [6, 6.07) is 6.44. The summed E-state index contributed by atoms with van der Waals surface area (Å²) in [4.78, 5) is 11.0. The number of nitrogens with two attached hydrogens (primary N) is 1. The SMILES string of the molecule is CNc1ccc(C)c(C#Cc2nn(C3CCN(C)CC3)c3ncnc(N)c23)c1. The molecule has 0 spiro atoms. The van der Waals surface area contributed by atoms with Crippen molar-refractivity contribution in [1.82, 2.24) is 24.6 Å². The van der Waals surface area contributed by atoms with Crippen molar-refractivity contribution < 1.29 is 0 Å². The number of nitrogens with one attached hydrogen (secondary N) is 1. The molecule has 1 fully saturated rings. The van der Waals surface area contributed by atoms with Crippen molar-refractivity contribution in [3.05, 3.63) is 41.3 Å². The second-order valence-corrected chi connectivity index (χ2v) is 7.31. The van der Waals surface area contributed by atoms with Crippen LogP contribution in [0.15, 0.2) is 24.5 Å². The molecule has 144 valence electrons. The van der Waals surface area contributed by atoms with Crippen LogP contribution in [0.3, 0.4) is 0 Å². The lowest BCUT2D eigenvalue weighted by molar-refractivity contribution is 0.215. The van der Waals surface area contributed by atoms with Gasteiger partial charge in [0.1, 0.15) is 17.8 Å². The number of piperidine rings is 1. The molecule has 3 aromatic rings. The first kappa shape index (κ1) is 18.3. The Morgan fingerprint density at radius 3 is 2.71 bits per heavy atom. The molecule has 2 aromatic heterocycles. The first-order chi connectivity index (χ1) is 13.6. The molecule has 3 N–H and O–H groups in total. The van der Waals surface area contributed by atoms with Crippen LogP contribution in [0.1, 0.15) is 35.7 Å². The van der Waals surface area contributed by atoms with Gasteiger partial charge in [0.25, 0.3) is 0 Å². The molecule has 1 aromatic carbocycles. The van der Waals surface area contributed by atoms with Crippen molar-refractivity contribution >= 4 is 22.5 Å². The summed E-state index contributed by atoms with van der Waals surface area (Å²) in [5, 5.41) is 8.71. The monoisotopic (exact) mass is 375 g/mol. The zero-order valence-electron chi connectivity index (χ0n) is 16.5. The second-order valence-electron chi connectivity index (χ2n) is 7.31. The molecule has 0 aliphatic carbocycles. The average molecular weight is 375 g/mol. The minimum atomic E-state index is 0.304. The van der Waals surface area contributed by atoms with Crippen LogP contribution in [0, 0.1) is 18.8 Å². The zero-order valence-corrected chi connectivity index (χ0v) is 16.5. The van der Waals surface area contributed by atoms with Gasteiger partial charge in [0.05, 0.1) is 11.4 Å². The number of hydrogen-bond donors (Lipinski definition) is 2. The Morgan fingerprint density at radius 1 is 1.18 bits per heavy atom. The van der Waals surface area contributed by atoms with Gasteiger partial charge in [-0.3, -0.25) is 0 Å². The number of nitrogen functional groups attached to an aromatic ring is 1. The van der Waals surface area contributed by atoms with E-state index in [0.717, 1.165) is 53.8 Å². The summed E-state index contributed by atoms with van der Waals surface area (Å²) >= 11 is 0. The third-order valence-corrected chi connectivity index (χ3v) is 5.39. The van der Waals surface area contributed by atoms with E-state index < -0.39 is 0 Å². The Labute approximate surface area is 165 Å². The number of likely N-dealkylation sites (tertiary alicyclic amines) is 1. The lowest BCUT2D eigenvalue weighted by Gasteiger charge is -2.29. The van der Waals surface area contributed by atoms with Gasteiger partial charge in [0.15, 0.2) is 5.65 Å². The Morgan fingerprint density at radius 2 is 1.96 bits per heavy atom. The van der Waals surface area contributed by atoms with E-state index in [2.05, 4.69) is 52.1 Å². The van der Waals surface area contributed by atoms with Crippen LogP contribution in [-0.4, -0.2) is 51.8 Å². The number of fused-ring (bicyclic) bond motifs is 1. The number of nitrogens with zero attached hydrogens (tertiary/aromatic N) is 5. The van der Waals surface area contributed by atoms with E-state index in [-0.39, 0.29) is 0 Å². The smallest absolute Gasteiger partial charge is 0.164 e. The number of aromatic nitrogens is 4. The van der Waals surface area contributed by atoms with Crippen molar-refractivity contribution in [3.63, 3.8) is 0 Å². The fourth-order valence-corrected chi connectivity index (χ4v) is 3.62. The number of benzene rings is 1. The number of anilines is 2. The van der Waals surface area contributed by atoms with E-state index in [0.29, 0.717) is 17.6 Å². The molecule has 7 heteroatoms. The minimum Gasteiger partial charge on any atom is -0.388 e. The zero-order chi connectivity index (χ0) is 19.7. The summed E-state index contributed by atoms with van der Waals surface area (Å²) < 4.78 is 2.00. The largest absolute Gasteiger partial charge is 0.388 e. The van der Waals surface area contributed by atoms with Crippen molar-refractivity contribution in [2.75, 3.05) is 38.2 Å². The highest BCUT2D eigenvalue weighted by molar-refractivity contribution is 5.90. The molecule has 0 radical (unpaired) electrons. The Kier molecular flexibility index (Phi) is 4.88. The van der Waals surface area contributed by atoms with E-state index in [9.17, 15) is 0 Å². The Hall–Kier alpha value is -3.11. The molecular formula is C21H25N7. The number of aryl methyl sites for hydroxylation is 1. The van der Waals surface area contributed by atoms with Gasteiger partial charge in [0.2, 0.25) is 0 Å². The van der Waals surface area contributed by atoms with Gasteiger partial charge < -0.3 is 16.0 Å². The van der Waals surface area contributed by atoms with Gasteiger partial charge in [-0.25, -0.2) is 14.6 Å². The van der Waals surface area contributed by atoms with Gasteiger partial charge in [-0.05, 0) is 63.5 Å². The van der Waals surface area contributed by atoms with E-state index >= 15 is 0 Å². The van der Waals surface area contributed by atoms with Crippen molar-refractivity contribution in [2.45, 2.75) is 25.8 Å². The van der Waals surface area contributed by atoms with Gasteiger partial charge >= 0.3 is 0 Å². The van der Waals surface area contributed by atoms with Gasteiger partial charge in [-0.15, -0.1) is 0 Å². The van der Waals surface area contributed by atoms with Crippen LogP contribution in [0.5, 0.6) is 0 Å². The fraction of sp³-hybridized carbons (Fsp3) is 0.381. The van der Waals surface area contributed by atoms with Crippen LogP contribution in [0.4, 0.5) is 11.5 Å². The maximum atomic E-state index is 6.18. The lowest BCUT2D eigenvalue weighted by Crippen LogP contribution is -2.32. The van der Waals surface area contributed by atoms with Crippen LogP contribution in [0.25, 0.3) is 11.0 Å². The molecule has 1 aliphatic heterocycles. The van der Waals surface area contributed by atoms with Crippen molar-refractivity contribution in [3.8, 4) is 11.8 Å². The number of hydrogen-bond acceptors (Lipinski definition) is 6. The van der Waals surface area contributed by atoms with Crippen LogP contribution in [-0.2, 0) is 0 Å². The van der Waals surface area contributed by atoms with Gasteiger partial charge in [-0.2, -0.15) is 5.10 Å². The summed E-state index contributed by atoms with van der Waals surface area (Å²) in [7, 11) is 4.05. The van der Waals surface area contributed by atoms with Crippen molar-refractivity contribution in [2.24, 2.45) is 0 Å². The molecule has 0 amide bonds. The molecule has 0 unspecified atom stereocenters. The highest BCUT2D eigenvalue weighted by Gasteiger charge is 2.23. The van der Waals surface area contributed by atoms with E-state index in [1.54, 1.807) is 0 Å². The minimum absolute atomic E-state index is 0.304. The molecule has 4 rings (SSSR count). The van der Waals surface area contributed by atoms with E-state index in [1.807, 2.05) is 23.9 Å². The molecule has 0 atom stereocenters. The summed E-state index contributed by atoms with van der Waals surface area (Å²) in [5.74, 6) is 6.91. The summed E-state index contributed by atoms with van der Waals surface area (Å²) in [5.41, 5.74) is 10.7. The first-order valence-electron chi connectivity index (χ1n) is 9.54. The van der Waals surface area contributed by atoms with Gasteiger partial charge in [-0.1, -0.05) is 12.0 Å². The predicted molar refractivity (Wildman–Crippen MR) is 112 cm³/mol. The number of rotatable bonds is 2. The quantitative estimate of drug-likeness (QED) is 0.669. The summed E-state index contributed by atoms with van der Waals surface area (Å²) in [6.45, 7) is 4.14. The van der Waals surface area contributed by atoms with E-state index in [1.165, 1.54) is 6.33 Å². The lowest BCUT2D eigenvalue weighted by atomic mass is 10.1. The van der Waals surface area contributed by atoms with Crippen LogP contribution >= 0.6 is 0 Å². The predicted octanol–water partition coefficient (Wildman–Crippen LogP) is 2.43. The average Bonchev–Trinajstić information content (AvgIpc) is 3.08. The van der Waals surface area contributed by atoms with E-state index in [4.69, 9.17) is 10.8 Å². The Bertz CT molecular complexity index is 1070. The molecule has 7 nitrogen and oxygen atoms in total. The molecule has 28 heavy (non-hydrogen) atoms. The maximum Gasteiger partial charge on any atom is 0.164 e. The highest BCUT2D eigenvalue weighted by atomic mass is 15.3. The molecule has 0 bridgehead atoms. The molecule has 1 saturated heterocycles. The molecule has 1 aliphatic rings. The second kappa shape index (κ2) is 7.49. The topological polar surface area (TPSA) is 84.9 Å². The highest BCUT2D eigenvalue weighted by Crippen LogP contribution is 2.28. The summed E-state index contributed by atoms with van der Waals surface area (Å²) in [6.07, 6.45) is 3.57. The van der Waals surface area contributed by atoms with Crippen LogP contribution in [0.2, 0.25) is 0 Å². The van der Waals surface area contributed by atoms with Crippen molar-refractivity contribution in [1.29, 1.82) is 0 Å². The van der Waals surface area contributed by atoms with Gasteiger partial charge in [0, 0.05) is 18.3 Å². The Balaban J connectivity index is 1.79. The fourth-order valence-electron chi connectivity index (χ4n) is 3.62. The molecular weight excluding hydrogens is 350 g/mol. The molecule has 3 heterocycles. The maximum absolute atomic E-state index is 6.18. The third kappa shape index (κ3) is 3.39. The normalized spacial score (nSPS) is 15.4. The first-order valence-corrected chi connectivity index (χ1v) is 9.54. The third-order valence-electron chi connectivity index (χ3n) is 5.39. The van der Waals surface area contributed by atoms with Crippen LogP contribution < -0.4 is 11.1 Å². The molecule has 0 saturated carbocycles. The standard InChI is InChI=1S/C21H25N7/c1-14-4-6-16(23-2)12-15(14)5-7-18-19-20(22)24-13-25-21(19)28(26-18)17-8-10-27(3)11-9-17/h4,6,12-13,17,23H,8-11H2,1-3H3,(H2,22,24,25).